The maximum atomic E-state index is 11.8. The zero-order valence-corrected chi connectivity index (χ0v) is 33.3. The topological polar surface area (TPSA) is 210 Å². The Morgan fingerprint density at radius 1 is 0.655 bits per heavy atom. The van der Waals surface area contributed by atoms with Gasteiger partial charge in [0, 0.05) is 49.1 Å². The molecule has 0 radical (unpaired) electrons. The summed E-state index contributed by atoms with van der Waals surface area (Å²) in [7, 11) is 0. The molecule has 0 heterocycles. The highest BCUT2D eigenvalue weighted by Gasteiger charge is 2.20. The lowest BCUT2D eigenvalue weighted by molar-refractivity contribution is -0.393. The Balaban J connectivity index is 2.01. The van der Waals surface area contributed by atoms with Crippen LogP contribution in [0.15, 0.2) is 94.3 Å². The molecule has 0 aliphatic heterocycles. The van der Waals surface area contributed by atoms with Crippen LogP contribution in [0.5, 0.6) is 11.5 Å². The van der Waals surface area contributed by atoms with E-state index in [1.807, 2.05) is 19.1 Å². The number of benzene rings is 3. The Hall–Kier alpha value is -6.52. The molecule has 0 aromatic heterocycles. The minimum atomic E-state index is -0.777. The molecule has 0 spiro atoms. The van der Waals surface area contributed by atoms with Crippen molar-refractivity contribution in [1.82, 2.24) is 0 Å². The molecule has 0 bridgehead atoms. The number of nitrogens with zero attached hydrogens (tertiary/aromatic N) is 7. The van der Waals surface area contributed by atoms with E-state index >= 15 is 0 Å². The van der Waals surface area contributed by atoms with Gasteiger partial charge in [0.2, 0.25) is 0 Å². The monoisotopic (exact) mass is 801 g/mol. The van der Waals surface area contributed by atoms with E-state index in [-0.39, 0.29) is 49.3 Å². The maximum absolute atomic E-state index is 11.8. The SMILES string of the molecule is C=CC(=O)OCCCCCOc1cc(N=Nc2ccc([N+](=O)[O-])cc2[N+](=O)[O-])c(OCCCCCOC(=O)C=C)cc1N=Nc1ccc(N(CCC)CCC)cc1C. The molecule has 0 aliphatic rings. The Labute approximate surface area is 337 Å². The molecule has 0 unspecified atom stereocenters. The summed E-state index contributed by atoms with van der Waals surface area (Å²) in [6, 6.07) is 12.2. The van der Waals surface area contributed by atoms with Gasteiger partial charge in [-0.15, -0.1) is 15.3 Å². The molecule has 0 N–H and O–H groups in total. The van der Waals surface area contributed by atoms with Gasteiger partial charge in [0.15, 0.2) is 5.69 Å². The normalized spacial score (nSPS) is 11.0. The molecule has 3 aromatic carbocycles. The zero-order chi connectivity index (χ0) is 42.3. The van der Waals surface area contributed by atoms with Crippen molar-refractivity contribution in [2.75, 3.05) is 44.4 Å². The van der Waals surface area contributed by atoms with Gasteiger partial charge in [0.1, 0.15) is 22.9 Å². The quantitative estimate of drug-likeness (QED) is 0.0177. The number of aryl methyl sites for hydroxylation is 1. The van der Waals surface area contributed by atoms with Crippen LogP contribution >= 0.6 is 0 Å². The number of non-ortho nitro benzene ring substituents is 1. The Bertz CT molecular complexity index is 1940. The summed E-state index contributed by atoms with van der Waals surface area (Å²) in [6.07, 6.45) is 7.96. The van der Waals surface area contributed by atoms with Crippen LogP contribution in [0.3, 0.4) is 0 Å². The van der Waals surface area contributed by atoms with Crippen molar-refractivity contribution in [3.05, 3.63) is 99.6 Å². The van der Waals surface area contributed by atoms with Crippen molar-refractivity contribution >= 4 is 51.8 Å². The first-order chi connectivity index (χ1) is 28.0. The second-order valence-electron chi connectivity index (χ2n) is 12.9. The molecule has 3 aromatic rings. The van der Waals surface area contributed by atoms with E-state index in [0.29, 0.717) is 49.9 Å². The average Bonchev–Trinajstić information content (AvgIpc) is 3.21. The number of unbranched alkanes of at least 4 members (excludes halogenated alkanes) is 4. The minimum Gasteiger partial charge on any atom is -0.491 e. The van der Waals surface area contributed by atoms with Gasteiger partial charge in [-0.2, -0.15) is 5.11 Å². The summed E-state index contributed by atoms with van der Waals surface area (Å²) in [5, 5.41) is 40.6. The van der Waals surface area contributed by atoms with Gasteiger partial charge in [-0.25, -0.2) is 9.59 Å². The number of carbonyl (C=O) groups excluding carboxylic acids is 2. The number of esters is 2. The van der Waals surface area contributed by atoms with E-state index in [9.17, 15) is 29.8 Å². The first kappa shape index (κ1) is 45.9. The third-order valence-electron chi connectivity index (χ3n) is 8.39. The summed E-state index contributed by atoms with van der Waals surface area (Å²) >= 11 is 0. The maximum Gasteiger partial charge on any atom is 0.330 e. The first-order valence-corrected chi connectivity index (χ1v) is 19.1. The van der Waals surface area contributed by atoms with E-state index in [1.54, 1.807) is 6.07 Å². The summed E-state index contributed by atoms with van der Waals surface area (Å²) in [6.45, 7) is 15.8. The second kappa shape index (κ2) is 24.9. The lowest BCUT2D eigenvalue weighted by atomic mass is 10.1. The molecule has 0 amide bonds. The first-order valence-electron chi connectivity index (χ1n) is 19.1. The summed E-state index contributed by atoms with van der Waals surface area (Å²) in [4.78, 5) is 46.7. The van der Waals surface area contributed by atoms with Crippen molar-refractivity contribution in [3.8, 4) is 11.5 Å². The number of hydrogen-bond donors (Lipinski definition) is 0. The van der Waals surface area contributed by atoms with Crippen molar-refractivity contribution in [2.24, 2.45) is 20.5 Å². The number of nitro benzene ring substituents is 2. The van der Waals surface area contributed by atoms with Crippen LogP contribution in [0.4, 0.5) is 39.8 Å². The van der Waals surface area contributed by atoms with Crippen molar-refractivity contribution in [1.29, 1.82) is 0 Å². The molecule has 310 valence electrons. The fourth-order valence-electron chi connectivity index (χ4n) is 5.45. The Morgan fingerprint density at radius 2 is 1.14 bits per heavy atom. The fraction of sp³-hybridized carbons (Fsp3) is 0.415. The highest BCUT2D eigenvalue weighted by atomic mass is 16.6. The third-order valence-corrected chi connectivity index (χ3v) is 8.39. The van der Waals surface area contributed by atoms with E-state index < -0.39 is 33.2 Å². The zero-order valence-electron chi connectivity index (χ0n) is 33.3. The van der Waals surface area contributed by atoms with Crippen LogP contribution in [-0.4, -0.2) is 61.3 Å². The Kier molecular flexibility index (Phi) is 19.7. The summed E-state index contributed by atoms with van der Waals surface area (Å²) < 4.78 is 22.4. The van der Waals surface area contributed by atoms with Crippen LogP contribution in [0, 0.1) is 27.2 Å². The van der Waals surface area contributed by atoms with E-state index in [0.717, 1.165) is 67.5 Å². The lowest BCUT2D eigenvalue weighted by Gasteiger charge is -2.24. The molecule has 0 aliphatic carbocycles. The van der Waals surface area contributed by atoms with Crippen LogP contribution in [0.2, 0.25) is 0 Å². The molecule has 0 saturated heterocycles. The molecule has 0 saturated carbocycles. The average molecular weight is 802 g/mol. The van der Waals surface area contributed by atoms with E-state index in [2.05, 4.69) is 58.4 Å². The number of carbonyl (C=O) groups is 2. The molecule has 3 rings (SSSR count). The largest absolute Gasteiger partial charge is 0.491 e. The smallest absolute Gasteiger partial charge is 0.330 e. The van der Waals surface area contributed by atoms with Gasteiger partial charge in [0.05, 0.1) is 48.0 Å². The van der Waals surface area contributed by atoms with Gasteiger partial charge >= 0.3 is 17.6 Å². The molecule has 0 atom stereocenters. The number of azo groups is 2. The number of anilines is 1. The second-order valence-corrected chi connectivity index (χ2v) is 12.9. The van der Waals surface area contributed by atoms with Crippen LogP contribution in [0.1, 0.15) is 70.8 Å². The minimum absolute atomic E-state index is 0.144. The van der Waals surface area contributed by atoms with Gasteiger partial charge in [-0.05, 0) is 88.1 Å². The standard InChI is InChI=1S/C41H51N7O10/c1-6-20-46(21-7-2)31-16-18-33(30(5)26-31)42-44-35-28-39(56-23-13-11-15-25-58-41(50)9-4)36(29-38(35)55-22-12-10-14-24-57-40(49)8-3)45-43-34-19-17-32(47(51)52)27-37(34)48(53)54/h8-9,16-19,26-29H,3-4,6-7,10-15,20-25H2,1-2,5H3. The summed E-state index contributed by atoms with van der Waals surface area (Å²) in [5.74, 6) is -0.499. The van der Waals surface area contributed by atoms with Gasteiger partial charge in [-0.1, -0.05) is 27.0 Å². The molecule has 0 fully saturated rings. The van der Waals surface area contributed by atoms with Crippen LogP contribution in [-0.2, 0) is 19.1 Å². The molecule has 17 heteroatoms. The number of nitro groups is 2. The number of hydrogen-bond acceptors (Lipinski definition) is 15. The summed E-state index contributed by atoms with van der Waals surface area (Å²) in [5.41, 5.74) is 1.83. The fourth-order valence-corrected chi connectivity index (χ4v) is 5.45. The highest BCUT2D eigenvalue weighted by molar-refractivity contribution is 5.81. The van der Waals surface area contributed by atoms with Crippen molar-refractivity contribution in [2.45, 2.75) is 72.1 Å². The third kappa shape index (κ3) is 15.2. The Morgan fingerprint density at radius 3 is 1.60 bits per heavy atom. The van der Waals surface area contributed by atoms with Gasteiger partial charge in [-0.3, -0.25) is 20.2 Å². The molecule has 58 heavy (non-hydrogen) atoms. The number of rotatable bonds is 27. The molecular weight excluding hydrogens is 750 g/mol. The molecule has 17 nitrogen and oxygen atoms in total. The van der Waals surface area contributed by atoms with Gasteiger partial charge in [0.25, 0.3) is 5.69 Å². The van der Waals surface area contributed by atoms with Crippen LogP contribution in [0.25, 0.3) is 0 Å². The number of ether oxygens (including phenoxy) is 4. The van der Waals surface area contributed by atoms with Crippen LogP contribution < -0.4 is 14.4 Å². The predicted octanol–water partition coefficient (Wildman–Crippen LogP) is 10.8. The predicted molar refractivity (Wildman–Crippen MR) is 220 cm³/mol. The van der Waals surface area contributed by atoms with Crippen molar-refractivity contribution < 1.29 is 38.4 Å². The molecular formula is C41H51N7O10. The van der Waals surface area contributed by atoms with E-state index in [4.69, 9.17) is 18.9 Å². The lowest BCUT2D eigenvalue weighted by Crippen LogP contribution is -2.24. The highest BCUT2D eigenvalue weighted by Crippen LogP contribution is 2.43. The van der Waals surface area contributed by atoms with E-state index in [1.165, 1.54) is 6.07 Å². The van der Waals surface area contributed by atoms with Crippen molar-refractivity contribution in [3.63, 3.8) is 0 Å². The van der Waals surface area contributed by atoms with Gasteiger partial charge < -0.3 is 23.8 Å².